The van der Waals surface area contributed by atoms with Gasteiger partial charge in [0.1, 0.15) is 11.8 Å². The highest BCUT2D eigenvalue weighted by atomic mass is 16.5. The van der Waals surface area contributed by atoms with E-state index in [1.54, 1.807) is 30.3 Å². The molecule has 0 aliphatic rings. The maximum absolute atomic E-state index is 13.6. The SMILES string of the molecule is CCOc1ccccc1NC(=O)[C@H](c1ccccc1)n1cnc2c1c(=O)n(C)c(=O)n2C. The molecule has 164 valence electrons. The minimum Gasteiger partial charge on any atom is -0.492 e. The largest absolute Gasteiger partial charge is 0.492 e. The second kappa shape index (κ2) is 8.54. The number of fused-ring (bicyclic) bond motifs is 1. The highest BCUT2D eigenvalue weighted by Crippen LogP contribution is 2.28. The normalized spacial score (nSPS) is 12.0. The second-order valence-electron chi connectivity index (χ2n) is 7.26. The fourth-order valence-electron chi connectivity index (χ4n) is 3.69. The van der Waals surface area contributed by atoms with Crippen molar-refractivity contribution in [1.82, 2.24) is 18.7 Å². The molecular weight excluding hydrogens is 410 g/mol. The number of benzene rings is 2. The van der Waals surface area contributed by atoms with E-state index in [4.69, 9.17) is 4.74 Å². The number of aryl methyl sites for hydroxylation is 1. The van der Waals surface area contributed by atoms with Gasteiger partial charge in [-0.3, -0.25) is 18.7 Å². The number of hydrogen-bond donors (Lipinski definition) is 1. The third-order valence-corrected chi connectivity index (χ3v) is 5.26. The molecule has 0 saturated heterocycles. The average molecular weight is 433 g/mol. The fraction of sp³-hybridized carbons (Fsp3) is 0.217. The molecule has 1 amide bonds. The van der Waals surface area contributed by atoms with Crippen LogP contribution in [-0.4, -0.2) is 31.2 Å². The van der Waals surface area contributed by atoms with Crippen molar-refractivity contribution in [2.24, 2.45) is 14.1 Å². The van der Waals surface area contributed by atoms with Gasteiger partial charge >= 0.3 is 5.69 Å². The molecule has 4 aromatic rings. The van der Waals surface area contributed by atoms with Gasteiger partial charge in [0.15, 0.2) is 11.2 Å². The van der Waals surface area contributed by atoms with Crippen molar-refractivity contribution in [1.29, 1.82) is 0 Å². The number of imidazole rings is 1. The smallest absolute Gasteiger partial charge is 0.332 e. The Morgan fingerprint density at radius 2 is 1.72 bits per heavy atom. The Balaban J connectivity index is 1.88. The van der Waals surface area contributed by atoms with E-state index in [-0.39, 0.29) is 17.1 Å². The van der Waals surface area contributed by atoms with Crippen LogP contribution in [0, 0.1) is 0 Å². The van der Waals surface area contributed by atoms with Crippen LogP contribution in [0.2, 0.25) is 0 Å². The average Bonchev–Trinajstić information content (AvgIpc) is 3.23. The Morgan fingerprint density at radius 3 is 2.44 bits per heavy atom. The summed E-state index contributed by atoms with van der Waals surface area (Å²) in [6, 6.07) is 15.3. The number of anilines is 1. The molecule has 4 rings (SSSR count). The second-order valence-corrected chi connectivity index (χ2v) is 7.26. The fourth-order valence-corrected chi connectivity index (χ4v) is 3.69. The Hall–Kier alpha value is -4.14. The van der Waals surface area contributed by atoms with Crippen molar-refractivity contribution in [3.63, 3.8) is 0 Å². The van der Waals surface area contributed by atoms with Crippen LogP contribution in [0.1, 0.15) is 18.5 Å². The van der Waals surface area contributed by atoms with Gasteiger partial charge in [-0.2, -0.15) is 0 Å². The van der Waals surface area contributed by atoms with Gasteiger partial charge in [-0.05, 0) is 24.6 Å². The van der Waals surface area contributed by atoms with Crippen LogP contribution >= 0.6 is 0 Å². The molecule has 0 saturated carbocycles. The number of carbonyl (C=O) groups is 1. The number of ether oxygens (including phenoxy) is 1. The third kappa shape index (κ3) is 3.58. The lowest BCUT2D eigenvalue weighted by molar-refractivity contribution is -0.118. The monoisotopic (exact) mass is 433 g/mol. The van der Waals surface area contributed by atoms with Crippen molar-refractivity contribution in [3.05, 3.63) is 87.3 Å². The lowest BCUT2D eigenvalue weighted by Crippen LogP contribution is -2.38. The van der Waals surface area contributed by atoms with Gasteiger partial charge in [0.2, 0.25) is 0 Å². The molecule has 0 aliphatic heterocycles. The van der Waals surface area contributed by atoms with Crippen LogP contribution < -0.4 is 21.3 Å². The molecule has 0 spiro atoms. The first-order valence-electron chi connectivity index (χ1n) is 10.1. The van der Waals surface area contributed by atoms with E-state index in [9.17, 15) is 14.4 Å². The molecule has 9 heteroatoms. The van der Waals surface area contributed by atoms with E-state index in [1.807, 2.05) is 31.2 Å². The summed E-state index contributed by atoms with van der Waals surface area (Å²) in [5.74, 6) is 0.169. The molecule has 0 bridgehead atoms. The summed E-state index contributed by atoms with van der Waals surface area (Å²) in [6.07, 6.45) is 1.41. The summed E-state index contributed by atoms with van der Waals surface area (Å²) in [6.45, 7) is 2.31. The summed E-state index contributed by atoms with van der Waals surface area (Å²) < 4.78 is 9.42. The van der Waals surface area contributed by atoms with Crippen LogP contribution in [0.15, 0.2) is 70.5 Å². The molecule has 2 aromatic heterocycles. The van der Waals surface area contributed by atoms with Crippen molar-refractivity contribution in [3.8, 4) is 5.75 Å². The predicted octanol–water partition coefficient (Wildman–Crippen LogP) is 2.06. The van der Waals surface area contributed by atoms with Crippen LogP contribution in [-0.2, 0) is 18.9 Å². The molecule has 1 N–H and O–H groups in total. The zero-order valence-electron chi connectivity index (χ0n) is 18.0. The number of hydrogen-bond acceptors (Lipinski definition) is 5. The Kier molecular flexibility index (Phi) is 5.63. The highest BCUT2D eigenvalue weighted by Gasteiger charge is 2.27. The maximum atomic E-state index is 13.6. The minimum absolute atomic E-state index is 0.164. The third-order valence-electron chi connectivity index (χ3n) is 5.26. The van der Waals surface area contributed by atoms with E-state index < -0.39 is 17.3 Å². The molecule has 0 radical (unpaired) electrons. The molecule has 9 nitrogen and oxygen atoms in total. The minimum atomic E-state index is -0.902. The first-order valence-corrected chi connectivity index (χ1v) is 10.1. The zero-order valence-corrected chi connectivity index (χ0v) is 18.0. The van der Waals surface area contributed by atoms with Crippen LogP contribution in [0.25, 0.3) is 11.2 Å². The highest BCUT2D eigenvalue weighted by molar-refractivity contribution is 5.97. The van der Waals surface area contributed by atoms with Crippen molar-refractivity contribution < 1.29 is 9.53 Å². The van der Waals surface area contributed by atoms with Gasteiger partial charge < -0.3 is 14.6 Å². The summed E-state index contributed by atoms with van der Waals surface area (Å²) >= 11 is 0. The standard InChI is InChI=1S/C23H23N5O4/c1-4-32-17-13-9-8-12-16(17)25-21(29)18(15-10-6-5-7-11-15)28-14-24-20-19(28)22(30)27(3)23(31)26(20)2/h5-14,18H,4H2,1-3H3,(H,25,29)/t18-/m0/s1. The molecule has 2 aromatic carbocycles. The Labute approximate surface area is 183 Å². The van der Waals surface area contributed by atoms with Gasteiger partial charge in [0, 0.05) is 14.1 Å². The van der Waals surface area contributed by atoms with Crippen LogP contribution in [0.4, 0.5) is 5.69 Å². The molecule has 2 heterocycles. The van der Waals surface area contributed by atoms with Gasteiger partial charge in [0.05, 0.1) is 18.6 Å². The van der Waals surface area contributed by atoms with Gasteiger partial charge in [0.25, 0.3) is 11.5 Å². The van der Waals surface area contributed by atoms with Gasteiger partial charge in [-0.15, -0.1) is 0 Å². The predicted molar refractivity (Wildman–Crippen MR) is 121 cm³/mol. The van der Waals surface area contributed by atoms with Gasteiger partial charge in [-0.1, -0.05) is 42.5 Å². The van der Waals surface area contributed by atoms with Crippen LogP contribution in [0.5, 0.6) is 5.75 Å². The summed E-state index contributed by atoms with van der Waals surface area (Å²) in [4.78, 5) is 43.1. The molecule has 32 heavy (non-hydrogen) atoms. The first kappa shape index (κ1) is 21.1. The van der Waals surface area contributed by atoms with E-state index >= 15 is 0 Å². The summed E-state index contributed by atoms with van der Waals surface area (Å²) in [7, 11) is 2.94. The number of nitrogens with zero attached hydrogens (tertiary/aromatic N) is 4. The number of amides is 1. The summed E-state index contributed by atoms with van der Waals surface area (Å²) in [5, 5.41) is 2.92. The topological polar surface area (TPSA) is 100 Å². The van der Waals surface area contributed by atoms with E-state index in [0.717, 1.165) is 4.57 Å². The number of nitrogens with one attached hydrogen (secondary N) is 1. The van der Waals surface area contributed by atoms with Gasteiger partial charge in [-0.25, -0.2) is 9.78 Å². The quantitative estimate of drug-likeness (QED) is 0.502. The Bertz CT molecular complexity index is 1400. The maximum Gasteiger partial charge on any atom is 0.332 e. The molecule has 0 aliphatic carbocycles. The number of aromatic nitrogens is 4. The lowest BCUT2D eigenvalue weighted by Gasteiger charge is -2.20. The molecule has 0 fully saturated rings. The van der Waals surface area contributed by atoms with Crippen LogP contribution in [0.3, 0.4) is 0 Å². The number of rotatable bonds is 6. The van der Waals surface area contributed by atoms with E-state index in [2.05, 4.69) is 10.3 Å². The first-order chi connectivity index (χ1) is 15.4. The zero-order chi connectivity index (χ0) is 22.8. The van der Waals surface area contributed by atoms with Crippen molar-refractivity contribution >= 4 is 22.8 Å². The van der Waals surface area contributed by atoms with E-state index in [1.165, 1.54) is 29.6 Å². The number of para-hydroxylation sites is 2. The van der Waals surface area contributed by atoms with Crippen molar-refractivity contribution in [2.75, 3.05) is 11.9 Å². The van der Waals surface area contributed by atoms with E-state index in [0.29, 0.717) is 23.6 Å². The van der Waals surface area contributed by atoms with Crippen molar-refractivity contribution in [2.45, 2.75) is 13.0 Å². The molecule has 0 unspecified atom stereocenters. The summed E-state index contributed by atoms with van der Waals surface area (Å²) in [5.41, 5.74) is 0.542. The lowest BCUT2D eigenvalue weighted by atomic mass is 10.1. The molecular formula is C23H23N5O4. The molecule has 1 atom stereocenters. The Morgan fingerprint density at radius 1 is 1.03 bits per heavy atom. The number of carbonyl (C=O) groups excluding carboxylic acids is 1.